The number of rotatable bonds is 25. The highest BCUT2D eigenvalue weighted by molar-refractivity contribution is 6.04. The van der Waals surface area contributed by atoms with E-state index in [1.165, 1.54) is 126 Å². The van der Waals surface area contributed by atoms with Gasteiger partial charge in [0.2, 0.25) is 61.7 Å². The molecule has 0 aromatic heterocycles. The zero-order chi connectivity index (χ0) is 105. The first-order valence-corrected chi connectivity index (χ1v) is 46.6. The molecule has 44 nitrogen and oxygen atoms in total. The standard InChI is InChI=1S/C34H35NO13.C24H25NO9.C24H25NO8.C22H22N2O9/c1-16(36)47-29-22(40-4)12-17(13-23(29)41-5)33(37)44-14-20-18-10-11-35(2)26(24(18)31(43-7)32-28(20)45-15-46-32)27-19-8-9-21(39-3)30(42-6)25(19)34(38)48-27;1-25-9-8-11-14(20(30-4)22-21(32-10-33-22)15(11)23(26)31-5)17(25)18-12-6-7-13(28-2)19(29-3)16(12)24(27)34-18;1-11(26)15-12-8-9-25(2)18(16(12)21(30-5)23-22(15)31-10-32-23)19-13-6-7-14(28-3)20(29-4)17(13)24(27)33-19;1-23-8-7-10-13(19(30-4)21-20(31-9-32-21)15(10)24(26)27)16(23)17-11-5-6-12(28-2)18(29-3)14(11)22(25)33-17/h8-9,12-13,26-27H,10-11,14-15H2,1-7H3;6-7,17-18H,8-10H2,1-5H3;6-7,18-19H,8-10H2,1-5H3;5-6,16-17H,7-9H2,1-4H3/t26-,27+;17-,18+;18-,19+;16-,17+/m1111/s1. The second-order valence-corrected chi connectivity index (χ2v) is 35.3. The summed E-state index contributed by atoms with van der Waals surface area (Å²) in [6.45, 7) is 4.64. The molecule has 0 amide bonds. The molecule has 0 N–H and O–H groups in total. The van der Waals surface area contributed by atoms with Crippen LogP contribution in [0.4, 0.5) is 5.69 Å². The van der Waals surface area contributed by atoms with Crippen molar-refractivity contribution in [2.75, 3.05) is 188 Å². The summed E-state index contributed by atoms with van der Waals surface area (Å²) >= 11 is 0. The summed E-state index contributed by atoms with van der Waals surface area (Å²) in [5.74, 6) is 3.34. The molecule has 0 saturated heterocycles. The first kappa shape index (κ1) is 102. The number of nitro groups is 1. The number of carbonyl (C=O) groups excluding carboxylic acids is 8. The number of hydrogen-bond acceptors (Lipinski definition) is 43. The Balaban J connectivity index is 0.000000131. The predicted molar refractivity (Wildman–Crippen MR) is 512 cm³/mol. The fourth-order valence-corrected chi connectivity index (χ4v) is 21.9. The van der Waals surface area contributed by atoms with Gasteiger partial charge in [-0.1, -0.05) is 24.3 Å². The van der Waals surface area contributed by atoms with E-state index in [0.29, 0.717) is 222 Å². The van der Waals surface area contributed by atoms with Crippen LogP contribution in [0.5, 0.6) is 132 Å². The van der Waals surface area contributed by atoms with Gasteiger partial charge in [0.15, 0.2) is 104 Å². The van der Waals surface area contributed by atoms with Crippen LogP contribution in [0.25, 0.3) is 0 Å². The summed E-state index contributed by atoms with van der Waals surface area (Å²) < 4.78 is 163. The molecular formula is C104H107N5O39. The molecule has 12 aliphatic heterocycles. The lowest BCUT2D eigenvalue weighted by atomic mass is 9.82. The van der Waals surface area contributed by atoms with Crippen molar-refractivity contribution in [2.24, 2.45) is 0 Å². The smallest absolute Gasteiger partial charge is 0.343 e. The van der Waals surface area contributed by atoms with Crippen molar-refractivity contribution < 1.29 is 181 Å². The lowest BCUT2D eigenvalue weighted by Crippen LogP contribution is -2.37. The number of Topliss-reactive ketones (excluding diaryl/α,β-unsaturated/α-hetero) is 1. The Morgan fingerprint density at radius 2 is 0.635 bits per heavy atom. The Bertz CT molecular complexity index is 6750. The van der Waals surface area contributed by atoms with E-state index in [0.717, 1.165) is 27.8 Å². The summed E-state index contributed by atoms with van der Waals surface area (Å²) in [5, 5.41) is 12.0. The van der Waals surface area contributed by atoms with Gasteiger partial charge in [0.1, 0.15) is 58.8 Å². The predicted octanol–water partition coefficient (Wildman–Crippen LogP) is 12.7. The number of ether oxygens (including phenoxy) is 29. The van der Waals surface area contributed by atoms with Crippen LogP contribution in [0.3, 0.4) is 0 Å². The number of ketones is 1. The minimum absolute atomic E-state index is 0.00755. The maximum Gasteiger partial charge on any atom is 0.343 e. The molecule has 12 heterocycles. The van der Waals surface area contributed by atoms with Crippen LogP contribution in [0, 0.1) is 10.1 Å². The van der Waals surface area contributed by atoms with Crippen LogP contribution in [-0.4, -0.2) is 260 Å². The van der Waals surface area contributed by atoms with Crippen LogP contribution < -0.4 is 109 Å². The fraction of sp³-hybridized carbons (Fsp3) is 0.404. The number of hydrogen-bond donors (Lipinski definition) is 0. The molecule has 0 aliphatic carbocycles. The molecule has 8 atom stereocenters. The van der Waals surface area contributed by atoms with Gasteiger partial charge >= 0.3 is 47.5 Å². The van der Waals surface area contributed by atoms with E-state index < -0.39 is 95.3 Å². The summed E-state index contributed by atoms with van der Waals surface area (Å²) in [7, 11) is 29.8. The number of fused-ring (bicyclic) bond motifs is 12. The fourth-order valence-electron chi connectivity index (χ4n) is 21.9. The highest BCUT2D eigenvalue weighted by atomic mass is 16.7. The molecule has 0 spiro atoms. The number of benzene rings is 9. The average Bonchev–Trinajstić information content (AvgIpc) is 1.02. The van der Waals surface area contributed by atoms with Crippen LogP contribution >= 0.6 is 0 Å². The van der Waals surface area contributed by atoms with Crippen molar-refractivity contribution in [3.8, 4) is 132 Å². The van der Waals surface area contributed by atoms with Gasteiger partial charge in [-0.05, 0) is 114 Å². The first-order valence-electron chi connectivity index (χ1n) is 46.6. The number of likely N-dealkylation sites (N-methyl/N-ethyl adjacent to an activating group) is 4. The van der Waals surface area contributed by atoms with Gasteiger partial charge in [0.25, 0.3) is 0 Å². The lowest BCUT2D eigenvalue weighted by Gasteiger charge is -2.39. The minimum Gasteiger partial charge on any atom is -0.493 e. The molecular weight excluding hydrogens is 1940 g/mol. The van der Waals surface area contributed by atoms with Gasteiger partial charge in [0, 0.05) is 88.7 Å². The first-order chi connectivity index (χ1) is 71.5. The van der Waals surface area contributed by atoms with Crippen LogP contribution in [0.15, 0.2) is 60.7 Å². The van der Waals surface area contributed by atoms with Crippen molar-refractivity contribution in [1.82, 2.24) is 19.6 Å². The quantitative estimate of drug-likeness (QED) is 0.0128. The van der Waals surface area contributed by atoms with E-state index in [1.807, 2.05) is 39.2 Å². The maximum absolute atomic E-state index is 13.5. The van der Waals surface area contributed by atoms with Crippen LogP contribution in [0.2, 0.25) is 0 Å². The Kier molecular flexibility index (Phi) is 28.5. The van der Waals surface area contributed by atoms with Gasteiger partial charge < -0.3 is 137 Å². The average molecular weight is 2050 g/mol. The van der Waals surface area contributed by atoms with E-state index in [-0.39, 0.29) is 90.9 Å². The topological polar surface area (TPSA) is 460 Å². The van der Waals surface area contributed by atoms with Gasteiger partial charge in [-0.15, -0.1) is 0 Å². The van der Waals surface area contributed by atoms with E-state index >= 15 is 0 Å². The molecule has 0 radical (unpaired) electrons. The third-order valence-corrected chi connectivity index (χ3v) is 28.2. The van der Waals surface area contributed by atoms with Crippen molar-refractivity contribution in [3.63, 3.8) is 0 Å². The molecule has 148 heavy (non-hydrogen) atoms. The van der Waals surface area contributed by atoms with Gasteiger partial charge in [-0.25, -0.2) is 28.8 Å². The zero-order valence-corrected chi connectivity index (χ0v) is 84.7. The molecule has 9 aromatic carbocycles. The van der Waals surface area contributed by atoms with Gasteiger partial charge in [0.05, 0.1) is 147 Å². The van der Waals surface area contributed by atoms with Crippen molar-refractivity contribution in [2.45, 2.75) is 94.7 Å². The number of nitro benzene ring substituents is 1. The molecule has 21 rings (SSSR count). The molecule has 0 unspecified atom stereocenters. The number of nitrogens with zero attached hydrogens (tertiary/aromatic N) is 5. The van der Waals surface area contributed by atoms with E-state index in [1.54, 1.807) is 49.6 Å². The SMILES string of the molecule is COC(=O)c1c2c(c(OC)c3c1OCO3)[C@H]([C@H]1OC(=O)c3c1ccc(OC)c3OC)N(C)CC2.COc1cc(C(=O)OCc2c3c(c(OC)c4c2OCO4)[C@H]([C@H]2OC(=O)c4c2ccc(OC)c4OC)N(C)CC3)cc(OC)c1OC(C)=O.COc1ccc2c(c1OC)C(=O)O[C@@H]2[C@H]1c2c(c(C(C)=O)c3c(c2OC)OCO3)CCN1C.COc1ccc2c(c1OC)C(=O)O[C@@H]2[C@H]1c2c(c([N+](=O)[O-])c3c(c2OC)OCO3)CCN1C. The Hall–Kier alpha value is -16.2. The summed E-state index contributed by atoms with van der Waals surface area (Å²) in [6.07, 6.45) is -0.743. The zero-order valence-electron chi connectivity index (χ0n) is 84.7. The monoisotopic (exact) mass is 2050 g/mol. The Morgan fingerprint density at radius 1 is 0.345 bits per heavy atom. The number of methoxy groups -OCH3 is 15. The van der Waals surface area contributed by atoms with E-state index in [2.05, 4.69) is 14.7 Å². The molecule has 0 saturated carbocycles. The second kappa shape index (κ2) is 41.4. The third kappa shape index (κ3) is 16.7. The Labute approximate surface area is 846 Å². The van der Waals surface area contributed by atoms with E-state index in [9.17, 15) is 48.5 Å². The molecule has 0 fully saturated rings. The molecule has 9 aromatic rings. The number of carbonyl (C=O) groups is 8. The summed E-state index contributed by atoms with van der Waals surface area (Å²) in [4.78, 5) is 123. The highest BCUT2D eigenvalue weighted by Gasteiger charge is 2.55. The van der Waals surface area contributed by atoms with Crippen molar-refractivity contribution in [3.05, 3.63) is 182 Å². The molecule has 782 valence electrons. The van der Waals surface area contributed by atoms with Crippen LogP contribution in [0.1, 0.15) is 207 Å². The molecule has 12 aliphatic rings. The highest BCUT2D eigenvalue weighted by Crippen LogP contribution is 2.65. The second-order valence-electron chi connectivity index (χ2n) is 35.3. The maximum atomic E-state index is 13.5. The Morgan fingerprint density at radius 3 is 0.959 bits per heavy atom. The van der Waals surface area contributed by atoms with Crippen molar-refractivity contribution in [1.29, 1.82) is 0 Å². The molecule has 0 bridgehead atoms. The van der Waals surface area contributed by atoms with Crippen molar-refractivity contribution >= 4 is 53.3 Å². The third-order valence-electron chi connectivity index (χ3n) is 28.2. The minimum atomic E-state index is -0.759. The van der Waals surface area contributed by atoms with Gasteiger partial charge in [-0.2, -0.15) is 0 Å². The largest absolute Gasteiger partial charge is 0.493 e. The normalized spacial score (nSPS) is 19.6. The summed E-state index contributed by atoms with van der Waals surface area (Å²) in [5.41, 5.74) is 10.7. The number of cyclic esters (lactones) is 4. The number of esters is 7. The molecule has 44 heteroatoms. The van der Waals surface area contributed by atoms with E-state index in [4.69, 9.17) is 137 Å². The van der Waals surface area contributed by atoms with Crippen LogP contribution in [-0.2, 0) is 65.5 Å². The van der Waals surface area contributed by atoms with Gasteiger partial charge in [-0.3, -0.25) is 39.3 Å². The summed E-state index contributed by atoms with van der Waals surface area (Å²) in [6, 6.07) is 14.9. The lowest BCUT2D eigenvalue weighted by molar-refractivity contribution is -0.386.